The number of hydrogen-bond donors (Lipinski definition) is 0. The van der Waals surface area contributed by atoms with E-state index < -0.39 is 0 Å². The van der Waals surface area contributed by atoms with Gasteiger partial charge in [-0.25, -0.2) is 15.0 Å². The Balaban J connectivity index is 1.22. The van der Waals surface area contributed by atoms with E-state index in [-0.39, 0.29) is 0 Å². The van der Waals surface area contributed by atoms with Gasteiger partial charge in [0.15, 0.2) is 17.5 Å². The quantitative estimate of drug-likeness (QED) is 0.194. The third kappa shape index (κ3) is 4.33. The summed E-state index contributed by atoms with van der Waals surface area (Å²) in [4.78, 5) is 15.1. The van der Waals surface area contributed by atoms with Gasteiger partial charge in [0.2, 0.25) is 0 Å². The predicted molar refractivity (Wildman–Crippen MR) is 199 cm³/mol. The van der Waals surface area contributed by atoms with Crippen LogP contribution in [-0.4, -0.2) is 15.0 Å². The lowest BCUT2D eigenvalue weighted by atomic mass is 9.98. The van der Waals surface area contributed by atoms with E-state index in [4.69, 9.17) is 19.4 Å². The summed E-state index contributed by atoms with van der Waals surface area (Å²) in [6, 6.07) is 52.7. The molecule has 224 valence electrons. The van der Waals surface area contributed by atoms with Gasteiger partial charge in [0, 0.05) is 53.0 Å². The number of nitrogens with zero attached hydrogens (tertiary/aromatic N) is 3. The Morgan fingerprint density at radius 2 is 1.02 bits per heavy atom. The van der Waals surface area contributed by atoms with Crippen LogP contribution in [0.25, 0.3) is 98.2 Å². The summed E-state index contributed by atoms with van der Waals surface area (Å²) in [6.07, 6.45) is 0. The van der Waals surface area contributed by atoms with E-state index in [2.05, 4.69) is 91.0 Å². The molecule has 0 saturated carbocycles. The molecular formula is C43H25N3OS. The van der Waals surface area contributed by atoms with Crippen LogP contribution in [0.4, 0.5) is 0 Å². The van der Waals surface area contributed by atoms with Gasteiger partial charge in [-0.05, 0) is 52.9 Å². The number of fused-ring (bicyclic) bond motifs is 8. The molecule has 7 aromatic carbocycles. The molecule has 0 aliphatic carbocycles. The Bertz CT molecular complexity index is 2780. The van der Waals surface area contributed by atoms with E-state index in [1.54, 1.807) is 0 Å². The normalized spacial score (nSPS) is 11.8. The van der Waals surface area contributed by atoms with Gasteiger partial charge in [0.05, 0.1) is 0 Å². The number of aromatic nitrogens is 3. The molecule has 0 aliphatic rings. The van der Waals surface area contributed by atoms with E-state index in [1.165, 1.54) is 20.2 Å². The molecule has 0 amide bonds. The molecule has 0 unspecified atom stereocenters. The third-order valence-electron chi connectivity index (χ3n) is 9.11. The highest BCUT2D eigenvalue weighted by atomic mass is 32.1. The Labute approximate surface area is 279 Å². The van der Waals surface area contributed by atoms with Crippen molar-refractivity contribution in [2.24, 2.45) is 0 Å². The van der Waals surface area contributed by atoms with E-state index in [0.717, 1.165) is 60.5 Å². The standard InChI is InChI=1S/C43H25N3OS/c1-3-11-26(12-4-1)41-44-42(27-13-5-2-6-14-27)46-43(45-41)35-24-30-15-7-8-16-31(30)40-39(35)33-21-19-29(25-36(33)47-40)28-20-22-38-34(23-28)32-17-9-10-18-37(32)48-38/h1-25H. The van der Waals surface area contributed by atoms with E-state index in [1.807, 2.05) is 72.0 Å². The zero-order valence-corrected chi connectivity index (χ0v) is 26.4. The molecule has 3 aromatic heterocycles. The molecule has 0 aliphatic heterocycles. The molecule has 10 rings (SSSR count). The van der Waals surface area contributed by atoms with Crippen LogP contribution in [-0.2, 0) is 0 Å². The fraction of sp³-hybridized carbons (Fsp3) is 0. The summed E-state index contributed by atoms with van der Waals surface area (Å²) in [7, 11) is 0. The number of furan rings is 1. The summed E-state index contributed by atoms with van der Waals surface area (Å²) >= 11 is 1.84. The van der Waals surface area contributed by atoms with E-state index in [9.17, 15) is 0 Å². The minimum absolute atomic E-state index is 0.611. The van der Waals surface area contributed by atoms with Gasteiger partial charge in [-0.2, -0.15) is 0 Å². The van der Waals surface area contributed by atoms with Crippen molar-refractivity contribution >= 4 is 64.2 Å². The number of benzene rings is 7. The van der Waals surface area contributed by atoms with Gasteiger partial charge < -0.3 is 4.42 Å². The average molecular weight is 632 g/mol. The number of rotatable bonds is 4. The maximum Gasteiger partial charge on any atom is 0.164 e. The number of hydrogen-bond acceptors (Lipinski definition) is 5. The Kier molecular flexibility index (Phi) is 6.01. The highest BCUT2D eigenvalue weighted by Crippen LogP contribution is 2.43. The highest BCUT2D eigenvalue weighted by Gasteiger charge is 2.21. The van der Waals surface area contributed by atoms with Gasteiger partial charge in [0.1, 0.15) is 11.2 Å². The molecule has 0 atom stereocenters. The second-order valence-electron chi connectivity index (χ2n) is 12.0. The molecule has 0 fully saturated rings. The smallest absolute Gasteiger partial charge is 0.164 e. The monoisotopic (exact) mass is 631 g/mol. The first-order valence-corrected chi connectivity index (χ1v) is 16.8. The van der Waals surface area contributed by atoms with Crippen LogP contribution in [0, 0.1) is 0 Å². The van der Waals surface area contributed by atoms with Gasteiger partial charge in [-0.15, -0.1) is 11.3 Å². The number of thiophene rings is 1. The Hall–Kier alpha value is -6.17. The Morgan fingerprint density at radius 3 is 1.79 bits per heavy atom. The fourth-order valence-electron chi connectivity index (χ4n) is 6.80. The zero-order chi connectivity index (χ0) is 31.6. The van der Waals surface area contributed by atoms with E-state index in [0.29, 0.717) is 17.5 Å². The van der Waals surface area contributed by atoms with Crippen molar-refractivity contribution in [3.05, 3.63) is 152 Å². The predicted octanol–water partition coefficient (Wildman–Crippen LogP) is 12.0. The summed E-state index contributed by atoms with van der Waals surface area (Å²) in [5.41, 5.74) is 6.73. The maximum atomic E-state index is 6.79. The minimum atomic E-state index is 0.611. The van der Waals surface area contributed by atoms with Gasteiger partial charge >= 0.3 is 0 Å². The molecule has 3 heterocycles. The molecular weight excluding hydrogens is 607 g/mol. The van der Waals surface area contributed by atoms with Crippen molar-refractivity contribution in [3.8, 4) is 45.3 Å². The third-order valence-corrected chi connectivity index (χ3v) is 10.3. The summed E-state index contributed by atoms with van der Waals surface area (Å²) < 4.78 is 9.39. The molecule has 0 N–H and O–H groups in total. The van der Waals surface area contributed by atoms with Crippen molar-refractivity contribution in [2.75, 3.05) is 0 Å². The van der Waals surface area contributed by atoms with Crippen LogP contribution in [0.5, 0.6) is 0 Å². The van der Waals surface area contributed by atoms with Gasteiger partial charge in [-0.1, -0.05) is 115 Å². The summed E-state index contributed by atoms with van der Waals surface area (Å²) in [6.45, 7) is 0. The topological polar surface area (TPSA) is 51.8 Å². The first-order valence-electron chi connectivity index (χ1n) is 15.9. The molecule has 0 saturated heterocycles. The fourth-order valence-corrected chi connectivity index (χ4v) is 7.89. The molecule has 0 radical (unpaired) electrons. The lowest BCUT2D eigenvalue weighted by Gasteiger charge is -2.10. The first-order chi connectivity index (χ1) is 23.8. The van der Waals surface area contributed by atoms with Crippen LogP contribution in [0.2, 0.25) is 0 Å². The first kappa shape index (κ1) is 27.0. The highest BCUT2D eigenvalue weighted by molar-refractivity contribution is 7.25. The molecule has 0 bridgehead atoms. The summed E-state index contributed by atoms with van der Waals surface area (Å²) in [5.74, 6) is 1.87. The lowest BCUT2D eigenvalue weighted by molar-refractivity contribution is 0.673. The largest absolute Gasteiger partial charge is 0.455 e. The van der Waals surface area contributed by atoms with Crippen molar-refractivity contribution in [3.63, 3.8) is 0 Å². The second-order valence-corrected chi connectivity index (χ2v) is 13.1. The molecule has 0 spiro atoms. The van der Waals surface area contributed by atoms with Crippen LogP contribution < -0.4 is 0 Å². The van der Waals surface area contributed by atoms with Crippen LogP contribution in [0.15, 0.2) is 156 Å². The second kappa shape index (κ2) is 10.7. The SMILES string of the molecule is c1ccc(-c2nc(-c3ccccc3)nc(-c3cc4ccccc4c4oc5cc(-c6ccc7sc8ccccc8c7c6)ccc5c34)n2)cc1. The molecule has 48 heavy (non-hydrogen) atoms. The van der Waals surface area contributed by atoms with Gasteiger partial charge in [-0.3, -0.25) is 0 Å². The van der Waals surface area contributed by atoms with Crippen molar-refractivity contribution in [1.82, 2.24) is 15.0 Å². The van der Waals surface area contributed by atoms with E-state index >= 15 is 0 Å². The summed E-state index contributed by atoms with van der Waals surface area (Å²) in [5, 5.41) is 6.72. The molecule has 5 heteroatoms. The van der Waals surface area contributed by atoms with Crippen molar-refractivity contribution < 1.29 is 4.42 Å². The minimum Gasteiger partial charge on any atom is -0.455 e. The van der Waals surface area contributed by atoms with Gasteiger partial charge in [0.25, 0.3) is 0 Å². The van der Waals surface area contributed by atoms with Crippen LogP contribution in [0.3, 0.4) is 0 Å². The average Bonchev–Trinajstić information content (AvgIpc) is 3.73. The lowest BCUT2D eigenvalue weighted by Crippen LogP contribution is -2.00. The van der Waals surface area contributed by atoms with Crippen molar-refractivity contribution in [1.29, 1.82) is 0 Å². The molecule has 10 aromatic rings. The maximum absolute atomic E-state index is 6.79. The zero-order valence-electron chi connectivity index (χ0n) is 25.6. The molecule has 4 nitrogen and oxygen atoms in total. The van der Waals surface area contributed by atoms with Crippen LogP contribution >= 0.6 is 11.3 Å². The Morgan fingerprint density at radius 1 is 0.417 bits per heavy atom. The van der Waals surface area contributed by atoms with Crippen LogP contribution in [0.1, 0.15) is 0 Å². The van der Waals surface area contributed by atoms with Crippen molar-refractivity contribution in [2.45, 2.75) is 0 Å².